The van der Waals surface area contributed by atoms with Gasteiger partial charge in [-0.3, -0.25) is 14.4 Å². The molecule has 1 rings (SSSR count). The molecule has 11 heteroatoms. The fourth-order valence-electron chi connectivity index (χ4n) is 1.28. The van der Waals surface area contributed by atoms with Gasteiger partial charge in [0.2, 0.25) is 0 Å². The number of carbonyl (C=O) groups is 3. The number of carboxylic acids is 3. The maximum atomic E-state index is 9.73. The standard InChI is InChI=1S/C11H17NO3.3C2H4O2.ClH/c1-7(2)12-6-11(15)8-3-9(13)5-10(14)4-8;3*1-2(3)4;/h3-5,7,11-15H,6H2,1-2H3;3*1H3,(H,3,4);1H. The molecule has 7 N–H and O–H groups in total. The molecule has 0 fully saturated rings. The highest BCUT2D eigenvalue weighted by Crippen LogP contribution is 2.24. The van der Waals surface area contributed by atoms with Crippen molar-refractivity contribution in [2.24, 2.45) is 0 Å². The Morgan fingerprint density at radius 3 is 1.39 bits per heavy atom. The van der Waals surface area contributed by atoms with Crippen LogP contribution in [0.2, 0.25) is 0 Å². The third-order valence-electron chi connectivity index (χ3n) is 2.03. The van der Waals surface area contributed by atoms with Crippen molar-refractivity contribution in [2.45, 2.75) is 46.8 Å². The molecule has 0 aliphatic carbocycles. The van der Waals surface area contributed by atoms with Crippen LogP contribution in [0, 0.1) is 0 Å². The minimum absolute atomic E-state index is 0. The number of aliphatic hydroxyl groups is 1. The van der Waals surface area contributed by atoms with Crippen LogP contribution in [0.25, 0.3) is 0 Å². The number of halogens is 1. The van der Waals surface area contributed by atoms with Gasteiger partial charge in [-0.2, -0.15) is 0 Å². The summed E-state index contributed by atoms with van der Waals surface area (Å²) in [6, 6.07) is 4.38. The number of aliphatic carboxylic acids is 3. The van der Waals surface area contributed by atoms with Crippen molar-refractivity contribution >= 4 is 30.3 Å². The number of aliphatic hydroxyl groups excluding tert-OH is 1. The molecule has 0 radical (unpaired) electrons. The van der Waals surface area contributed by atoms with Gasteiger partial charge in [-0.15, -0.1) is 12.4 Å². The molecule has 0 aliphatic rings. The molecule has 0 bridgehead atoms. The fraction of sp³-hybridized carbons (Fsp3) is 0.471. The topological polar surface area (TPSA) is 185 Å². The predicted molar refractivity (Wildman–Crippen MR) is 105 cm³/mol. The summed E-state index contributed by atoms with van der Waals surface area (Å²) in [6.07, 6.45) is -0.731. The van der Waals surface area contributed by atoms with E-state index in [-0.39, 0.29) is 29.9 Å². The van der Waals surface area contributed by atoms with Crippen LogP contribution in [-0.4, -0.2) is 61.1 Å². The summed E-state index contributed by atoms with van der Waals surface area (Å²) in [7, 11) is 0. The van der Waals surface area contributed by atoms with Gasteiger partial charge >= 0.3 is 0 Å². The molecule has 1 aromatic rings. The maximum Gasteiger partial charge on any atom is 0.300 e. The molecule has 164 valence electrons. The van der Waals surface area contributed by atoms with E-state index in [0.29, 0.717) is 12.1 Å². The third kappa shape index (κ3) is 34.7. The number of nitrogens with one attached hydrogen (secondary N) is 1. The van der Waals surface area contributed by atoms with Gasteiger partial charge in [0, 0.05) is 39.4 Å². The van der Waals surface area contributed by atoms with Crippen molar-refractivity contribution in [1.82, 2.24) is 5.32 Å². The van der Waals surface area contributed by atoms with E-state index in [9.17, 15) is 15.3 Å². The SMILES string of the molecule is CC(=O)O.CC(=O)O.CC(=O)O.CC(C)NCC(O)c1cc(O)cc(O)c1.Cl. The second kappa shape index (κ2) is 19.2. The van der Waals surface area contributed by atoms with Crippen molar-refractivity contribution in [3.63, 3.8) is 0 Å². The molecule has 10 nitrogen and oxygen atoms in total. The fourth-order valence-corrected chi connectivity index (χ4v) is 1.28. The van der Waals surface area contributed by atoms with Gasteiger partial charge in [0.15, 0.2) is 0 Å². The van der Waals surface area contributed by atoms with Gasteiger partial charge in [-0.05, 0) is 17.7 Å². The van der Waals surface area contributed by atoms with E-state index in [2.05, 4.69) is 5.32 Å². The van der Waals surface area contributed by atoms with Crippen LogP contribution in [-0.2, 0) is 14.4 Å². The summed E-state index contributed by atoms with van der Waals surface area (Å²) < 4.78 is 0. The number of rotatable bonds is 4. The number of phenols is 2. The molecule has 0 aliphatic heterocycles. The van der Waals surface area contributed by atoms with E-state index in [4.69, 9.17) is 29.7 Å². The number of phenolic OH excluding ortho intramolecular Hbond substituents is 2. The predicted octanol–water partition coefficient (Wildman–Crippen LogP) is 1.82. The zero-order chi connectivity index (χ0) is 22.2. The highest BCUT2D eigenvalue weighted by molar-refractivity contribution is 5.85. The van der Waals surface area contributed by atoms with Gasteiger partial charge in [-0.25, -0.2) is 0 Å². The van der Waals surface area contributed by atoms with Crippen LogP contribution in [0.15, 0.2) is 18.2 Å². The molecule has 0 aromatic heterocycles. The molecule has 0 spiro atoms. The third-order valence-corrected chi connectivity index (χ3v) is 2.03. The molecule has 0 saturated heterocycles. The molecule has 0 heterocycles. The Balaban J connectivity index is -0.000000183. The lowest BCUT2D eigenvalue weighted by molar-refractivity contribution is -0.135. The van der Waals surface area contributed by atoms with E-state index in [0.717, 1.165) is 20.8 Å². The van der Waals surface area contributed by atoms with Gasteiger partial charge < -0.3 is 36.0 Å². The van der Waals surface area contributed by atoms with Gasteiger partial charge in [0.1, 0.15) is 11.5 Å². The quantitative estimate of drug-likeness (QED) is 0.373. The monoisotopic (exact) mass is 427 g/mol. The van der Waals surface area contributed by atoms with E-state index in [1.165, 1.54) is 18.2 Å². The summed E-state index contributed by atoms with van der Waals surface area (Å²) >= 11 is 0. The number of benzene rings is 1. The Bertz CT molecular complexity index is 519. The molecular formula is C17H30ClNO9. The zero-order valence-electron chi connectivity index (χ0n) is 16.4. The van der Waals surface area contributed by atoms with Crippen LogP contribution in [0.4, 0.5) is 0 Å². The van der Waals surface area contributed by atoms with E-state index < -0.39 is 24.0 Å². The Morgan fingerprint density at radius 2 is 1.14 bits per heavy atom. The Morgan fingerprint density at radius 1 is 0.857 bits per heavy atom. The second-order valence-corrected chi connectivity index (χ2v) is 5.42. The van der Waals surface area contributed by atoms with Crippen LogP contribution >= 0.6 is 12.4 Å². The first-order valence-electron chi connectivity index (χ1n) is 7.71. The number of hydrogen-bond donors (Lipinski definition) is 7. The first-order valence-corrected chi connectivity index (χ1v) is 7.71. The summed E-state index contributed by atoms with van der Waals surface area (Å²) in [6.45, 7) is 7.60. The number of hydrogen-bond acceptors (Lipinski definition) is 7. The minimum Gasteiger partial charge on any atom is -0.508 e. The molecular weight excluding hydrogens is 398 g/mol. The number of aromatic hydroxyl groups is 2. The Labute approximate surface area is 169 Å². The Kier molecular flexibility index (Phi) is 22.7. The minimum atomic E-state index is -0.833. The largest absolute Gasteiger partial charge is 0.508 e. The van der Waals surface area contributed by atoms with Crippen LogP contribution < -0.4 is 5.32 Å². The lowest BCUT2D eigenvalue weighted by Crippen LogP contribution is -2.27. The molecule has 1 atom stereocenters. The molecule has 1 aromatic carbocycles. The maximum absolute atomic E-state index is 9.73. The van der Waals surface area contributed by atoms with Crippen LogP contribution in [0.3, 0.4) is 0 Å². The first-order chi connectivity index (χ1) is 12.2. The van der Waals surface area contributed by atoms with Gasteiger partial charge in [0.05, 0.1) is 6.10 Å². The smallest absolute Gasteiger partial charge is 0.300 e. The highest BCUT2D eigenvalue weighted by atomic mass is 35.5. The normalized spacial score (nSPS) is 9.68. The van der Waals surface area contributed by atoms with Crippen LogP contribution in [0.1, 0.15) is 46.3 Å². The van der Waals surface area contributed by atoms with Crippen molar-refractivity contribution in [1.29, 1.82) is 0 Å². The molecule has 0 amide bonds. The molecule has 28 heavy (non-hydrogen) atoms. The van der Waals surface area contributed by atoms with E-state index in [1.807, 2.05) is 13.8 Å². The van der Waals surface area contributed by atoms with Gasteiger partial charge in [-0.1, -0.05) is 13.8 Å². The summed E-state index contributed by atoms with van der Waals surface area (Å²) in [5.74, 6) is -2.60. The van der Waals surface area contributed by atoms with Crippen molar-refractivity contribution in [3.05, 3.63) is 23.8 Å². The summed E-state index contributed by atoms with van der Waals surface area (Å²) in [4.78, 5) is 27.0. The van der Waals surface area contributed by atoms with Crippen molar-refractivity contribution in [3.8, 4) is 11.5 Å². The lowest BCUT2D eigenvalue weighted by atomic mass is 10.1. The molecule has 1 unspecified atom stereocenters. The summed E-state index contributed by atoms with van der Waals surface area (Å²) in [5.41, 5.74) is 0.501. The number of carboxylic acid groups (broad SMARTS) is 3. The Hall–Kier alpha value is -2.56. The zero-order valence-corrected chi connectivity index (χ0v) is 17.2. The summed E-state index contributed by atoms with van der Waals surface area (Å²) in [5, 5.41) is 53.5. The van der Waals surface area contributed by atoms with E-state index >= 15 is 0 Å². The average Bonchev–Trinajstić information content (AvgIpc) is 2.41. The first kappa shape index (κ1) is 33.1. The lowest BCUT2D eigenvalue weighted by Gasteiger charge is -2.14. The second-order valence-electron chi connectivity index (χ2n) is 5.42. The average molecular weight is 428 g/mol. The molecule has 0 saturated carbocycles. The van der Waals surface area contributed by atoms with Gasteiger partial charge in [0.25, 0.3) is 17.9 Å². The van der Waals surface area contributed by atoms with Crippen LogP contribution in [0.5, 0.6) is 11.5 Å². The highest BCUT2D eigenvalue weighted by Gasteiger charge is 2.10. The van der Waals surface area contributed by atoms with Crippen molar-refractivity contribution in [2.75, 3.05) is 6.54 Å². The van der Waals surface area contributed by atoms with E-state index in [1.54, 1.807) is 0 Å². The van der Waals surface area contributed by atoms with Crippen molar-refractivity contribution < 1.29 is 45.0 Å².